The lowest BCUT2D eigenvalue weighted by Crippen LogP contribution is -2.01. The molecule has 2 aromatic heterocycles. The molecule has 1 atom stereocenters. The Hall–Kier alpha value is -1.79. The van der Waals surface area contributed by atoms with Crippen molar-refractivity contribution in [2.24, 2.45) is 0 Å². The highest BCUT2D eigenvalue weighted by molar-refractivity contribution is 9.10. The molecule has 3 N–H and O–H groups in total. The van der Waals surface area contributed by atoms with E-state index in [1.54, 1.807) is 24.5 Å². The number of furan rings is 1. The van der Waals surface area contributed by atoms with Gasteiger partial charge in [-0.2, -0.15) is 0 Å². The van der Waals surface area contributed by atoms with Gasteiger partial charge in [0, 0.05) is 10.0 Å². The van der Waals surface area contributed by atoms with Crippen molar-refractivity contribution in [3.05, 3.63) is 56.3 Å². The normalized spacial score (nSPS) is 13.0. The van der Waals surface area contributed by atoms with E-state index < -0.39 is 6.10 Å². The summed E-state index contributed by atoms with van der Waals surface area (Å²) in [4.78, 5) is 16.6. The average Bonchev–Trinajstić information content (AvgIpc) is 2.92. The van der Waals surface area contributed by atoms with Crippen LogP contribution in [-0.2, 0) is 0 Å². The van der Waals surface area contributed by atoms with Gasteiger partial charge in [-0.15, -0.1) is 0 Å². The zero-order valence-corrected chi connectivity index (χ0v) is 11.6. The summed E-state index contributed by atoms with van der Waals surface area (Å²) in [5.41, 5.74) is 2.57. The third-order valence-corrected chi connectivity index (χ3v) is 3.76. The Morgan fingerprint density at radius 1 is 1.32 bits per heavy atom. The van der Waals surface area contributed by atoms with Crippen LogP contribution in [0.4, 0.5) is 0 Å². The number of aromatic nitrogens is 2. The second-order valence-corrected chi connectivity index (χ2v) is 5.22. The van der Waals surface area contributed by atoms with Gasteiger partial charge in [0.25, 0.3) is 0 Å². The van der Waals surface area contributed by atoms with Gasteiger partial charge >= 0.3 is 5.69 Å². The molecule has 98 valence electrons. The van der Waals surface area contributed by atoms with E-state index in [1.807, 2.05) is 6.92 Å². The molecule has 0 saturated carbocycles. The molecule has 1 unspecified atom stereocenters. The standard InChI is InChI=1S/C13H11BrN2O3/c1-6-2-3-19-12(6)11(17)7-4-9-10(5-8(7)14)16-13(18)15-9/h2-5,11,17H,1H3,(H2,15,16,18). The third kappa shape index (κ3) is 2.02. The van der Waals surface area contributed by atoms with E-state index in [0.717, 1.165) is 5.56 Å². The van der Waals surface area contributed by atoms with E-state index in [4.69, 9.17) is 4.42 Å². The molecule has 19 heavy (non-hydrogen) atoms. The van der Waals surface area contributed by atoms with Crippen LogP contribution in [-0.4, -0.2) is 15.1 Å². The van der Waals surface area contributed by atoms with E-state index in [0.29, 0.717) is 26.8 Å². The molecule has 0 saturated heterocycles. The van der Waals surface area contributed by atoms with Crippen molar-refractivity contribution >= 4 is 27.0 Å². The van der Waals surface area contributed by atoms with E-state index >= 15 is 0 Å². The summed E-state index contributed by atoms with van der Waals surface area (Å²) in [6.45, 7) is 1.87. The number of aliphatic hydroxyl groups excluding tert-OH is 1. The molecule has 0 aliphatic heterocycles. The highest BCUT2D eigenvalue weighted by Crippen LogP contribution is 2.32. The van der Waals surface area contributed by atoms with Crippen LogP contribution >= 0.6 is 15.9 Å². The van der Waals surface area contributed by atoms with E-state index in [9.17, 15) is 9.90 Å². The Bertz CT molecular complexity index is 800. The number of hydrogen-bond acceptors (Lipinski definition) is 3. The molecular formula is C13H11BrN2O3. The number of nitrogens with one attached hydrogen (secondary N) is 2. The van der Waals surface area contributed by atoms with Crippen molar-refractivity contribution in [3.8, 4) is 0 Å². The third-order valence-electron chi connectivity index (χ3n) is 3.08. The van der Waals surface area contributed by atoms with E-state index in [-0.39, 0.29) is 5.69 Å². The minimum atomic E-state index is -0.882. The summed E-state index contributed by atoms with van der Waals surface area (Å²) in [5.74, 6) is 0.498. The monoisotopic (exact) mass is 322 g/mol. The fraction of sp³-hybridized carbons (Fsp3) is 0.154. The fourth-order valence-electron chi connectivity index (χ4n) is 2.09. The van der Waals surface area contributed by atoms with Crippen LogP contribution < -0.4 is 5.69 Å². The van der Waals surface area contributed by atoms with Crippen molar-refractivity contribution in [3.63, 3.8) is 0 Å². The molecular weight excluding hydrogens is 312 g/mol. The second kappa shape index (κ2) is 4.40. The van der Waals surface area contributed by atoms with Crippen LogP contribution in [0.1, 0.15) is 23.0 Å². The van der Waals surface area contributed by atoms with Gasteiger partial charge in [-0.3, -0.25) is 0 Å². The zero-order chi connectivity index (χ0) is 13.6. The zero-order valence-electron chi connectivity index (χ0n) is 10.0. The van der Waals surface area contributed by atoms with Crippen LogP contribution in [0.5, 0.6) is 0 Å². The Labute approximate surface area is 116 Å². The molecule has 3 aromatic rings. The smallest absolute Gasteiger partial charge is 0.323 e. The van der Waals surface area contributed by atoms with Gasteiger partial charge in [0.2, 0.25) is 0 Å². The predicted octanol–water partition coefficient (Wildman–Crippen LogP) is 2.60. The highest BCUT2D eigenvalue weighted by atomic mass is 79.9. The summed E-state index contributed by atoms with van der Waals surface area (Å²) in [7, 11) is 0. The van der Waals surface area contributed by atoms with Crippen LogP contribution in [0.15, 0.2) is 38.1 Å². The van der Waals surface area contributed by atoms with Gasteiger partial charge in [0.1, 0.15) is 11.9 Å². The van der Waals surface area contributed by atoms with Gasteiger partial charge < -0.3 is 19.5 Å². The number of benzene rings is 1. The molecule has 3 rings (SSSR count). The number of hydrogen-bond donors (Lipinski definition) is 3. The van der Waals surface area contributed by atoms with Gasteiger partial charge in [-0.1, -0.05) is 15.9 Å². The van der Waals surface area contributed by atoms with Gasteiger partial charge in [-0.25, -0.2) is 4.79 Å². The molecule has 6 heteroatoms. The molecule has 5 nitrogen and oxygen atoms in total. The Kier molecular flexibility index (Phi) is 2.83. The van der Waals surface area contributed by atoms with Crippen molar-refractivity contribution in [2.45, 2.75) is 13.0 Å². The fourth-order valence-corrected chi connectivity index (χ4v) is 2.65. The average molecular weight is 323 g/mol. The Balaban J connectivity index is 2.16. The maximum absolute atomic E-state index is 11.3. The molecule has 0 aliphatic rings. The summed E-state index contributed by atoms with van der Waals surface area (Å²) >= 11 is 3.40. The maximum atomic E-state index is 11.3. The molecule has 0 aliphatic carbocycles. The predicted molar refractivity (Wildman–Crippen MR) is 74.1 cm³/mol. The van der Waals surface area contributed by atoms with Crippen LogP contribution in [0.2, 0.25) is 0 Å². The topological polar surface area (TPSA) is 82.0 Å². The van der Waals surface area contributed by atoms with Crippen LogP contribution in [0, 0.1) is 6.92 Å². The van der Waals surface area contributed by atoms with Crippen molar-refractivity contribution in [1.82, 2.24) is 9.97 Å². The molecule has 0 spiro atoms. The quantitative estimate of drug-likeness (QED) is 0.678. The molecule has 0 bridgehead atoms. The molecule has 1 aromatic carbocycles. The maximum Gasteiger partial charge on any atom is 0.323 e. The summed E-state index contributed by atoms with van der Waals surface area (Å²) in [5, 5.41) is 10.4. The number of aliphatic hydroxyl groups is 1. The van der Waals surface area contributed by atoms with Crippen molar-refractivity contribution in [2.75, 3.05) is 0 Å². The first-order valence-electron chi connectivity index (χ1n) is 5.70. The van der Waals surface area contributed by atoms with Crippen LogP contribution in [0.3, 0.4) is 0 Å². The Morgan fingerprint density at radius 2 is 2.00 bits per heavy atom. The minimum absolute atomic E-state index is 0.275. The van der Waals surface area contributed by atoms with Gasteiger partial charge in [0.05, 0.1) is 17.3 Å². The number of aryl methyl sites for hydroxylation is 1. The summed E-state index contributed by atoms with van der Waals surface area (Å²) < 4.78 is 6.01. The lowest BCUT2D eigenvalue weighted by Gasteiger charge is -2.11. The largest absolute Gasteiger partial charge is 0.466 e. The number of H-pyrrole nitrogens is 2. The first-order chi connectivity index (χ1) is 9.06. The number of fused-ring (bicyclic) bond motifs is 1. The Morgan fingerprint density at radius 3 is 2.63 bits per heavy atom. The minimum Gasteiger partial charge on any atom is -0.466 e. The summed E-state index contributed by atoms with van der Waals surface area (Å²) in [6.07, 6.45) is 0.658. The molecule has 2 heterocycles. The van der Waals surface area contributed by atoms with Gasteiger partial charge in [0.15, 0.2) is 0 Å². The van der Waals surface area contributed by atoms with Gasteiger partial charge in [-0.05, 0) is 30.7 Å². The van der Waals surface area contributed by atoms with Crippen LogP contribution in [0.25, 0.3) is 11.0 Å². The second-order valence-electron chi connectivity index (χ2n) is 4.37. The highest BCUT2D eigenvalue weighted by Gasteiger charge is 2.19. The SMILES string of the molecule is Cc1ccoc1C(O)c1cc2[nH]c(=O)[nH]c2cc1Br. The summed E-state index contributed by atoms with van der Waals surface area (Å²) in [6, 6.07) is 5.27. The number of imidazole rings is 1. The first-order valence-corrected chi connectivity index (χ1v) is 6.49. The first kappa shape index (κ1) is 12.3. The number of rotatable bonds is 2. The van der Waals surface area contributed by atoms with E-state index in [2.05, 4.69) is 25.9 Å². The molecule has 0 fully saturated rings. The molecule has 0 amide bonds. The lowest BCUT2D eigenvalue weighted by molar-refractivity contribution is 0.188. The number of halogens is 1. The molecule has 0 radical (unpaired) electrons. The van der Waals surface area contributed by atoms with Crippen molar-refractivity contribution < 1.29 is 9.52 Å². The lowest BCUT2D eigenvalue weighted by atomic mass is 10.0. The number of aromatic amines is 2. The van der Waals surface area contributed by atoms with E-state index in [1.165, 1.54) is 0 Å². The van der Waals surface area contributed by atoms with Crippen molar-refractivity contribution in [1.29, 1.82) is 0 Å².